The van der Waals surface area contributed by atoms with Crippen LogP contribution >= 0.6 is 0 Å². The number of pyridine rings is 2. The highest BCUT2D eigenvalue weighted by Crippen LogP contribution is 2.23. The fourth-order valence-corrected chi connectivity index (χ4v) is 1.77. The van der Waals surface area contributed by atoms with Crippen LogP contribution in [0.2, 0.25) is 0 Å². The van der Waals surface area contributed by atoms with E-state index in [4.69, 9.17) is 4.74 Å². The molecule has 3 aromatic rings. The Balaban J connectivity index is 1.78. The van der Waals surface area contributed by atoms with Gasteiger partial charge in [0.25, 0.3) is 0 Å². The van der Waals surface area contributed by atoms with Crippen LogP contribution in [0.15, 0.2) is 67.1 Å². The number of aromatic nitrogens is 2. The zero-order valence-corrected chi connectivity index (χ0v) is 10.5. The topological polar surface area (TPSA) is 35.0 Å². The van der Waals surface area contributed by atoms with Gasteiger partial charge in [-0.1, -0.05) is 0 Å². The molecular weight excluding hydrogens is 255 g/mol. The van der Waals surface area contributed by atoms with Crippen LogP contribution in [0, 0.1) is 5.82 Å². The number of halogens is 1. The minimum absolute atomic E-state index is 0.288. The molecule has 4 heteroatoms. The summed E-state index contributed by atoms with van der Waals surface area (Å²) < 4.78 is 18.4. The van der Waals surface area contributed by atoms with Gasteiger partial charge in [0.2, 0.25) is 0 Å². The van der Waals surface area contributed by atoms with Gasteiger partial charge in [-0.15, -0.1) is 0 Å². The van der Waals surface area contributed by atoms with Gasteiger partial charge in [0.05, 0.1) is 11.9 Å². The van der Waals surface area contributed by atoms with E-state index in [9.17, 15) is 4.39 Å². The molecular formula is C16H11FN2O. The van der Waals surface area contributed by atoms with Gasteiger partial charge in [-0.05, 0) is 48.5 Å². The van der Waals surface area contributed by atoms with Crippen LogP contribution in [0.3, 0.4) is 0 Å². The molecule has 3 nitrogen and oxygen atoms in total. The van der Waals surface area contributed by atoms with Gasteiger partial charge in [-0.2, -0.15) is 0 Å². The molecule has 3 rings (SSSR count). The molecule has 0 saturated heterocycles. The van der Waals surface area contributed by atoms with Crippen molar-refractivity contribution in [3.8, 4) is 22.8 Å². The second-order valence-electron chi connectivity index (χ2n) is 4.17. The predicted octanol–water partition coefficient (Wildman–Crippen LogP) is 4.08. The standard InChI is InChI=1S/C16H11FN2O/c17-13-1-3-14(4-2-13)20-15-5-6-16(19-11-15)12-7-9-18-10-8-12/h1-11H. The molecule has 0 aliphatic rings. The maximum absolute atomic E-state index is 12.8. The molecule has 2 aromatic heterocycles. The van der Waals surface area contributed by atoms with Gasteiger partial charge in [0, 0.05) is 18.0 Å². The van der Waals surface area contributed by atoms with Crippen molar-refractivity contribution in [1.82, 2.24) is 9.97 Å². The lowest BCUT2D eigenvalue weighted by Gasteiger charge is -2.06. The normalized spacial score (nSPS) is 10.2. The molecule has 0 fully saturated rings. The molecule has 0 spiro atoms. The monoisotopic (exact) mass is 266 g/mol. The number of nitrogens with zero attached hydrogens (tertiary/aromatic N) is 2. The zero-order valence-electron chi connectivity index (χ0n) is 10.5. The fraction of sp³-hybridized carbons (Fsp3) is 0. The fourth-order valence-electron chi connectivity index (χ4n) is 1.77. The third-order valence-electron chi connectivity index (χ3n) is 2.76. The second-order valence-corrected chi connectivity index (χ2v) is 4.17. The summed E-state index contributed by atoms with van der Waals surface area (Å²) in [6, 6.07) is 13.3. The first-order chi connectivity index (χ1) is 9.81. The van der Waals surface area contributed by atoms with Crippen LogP contribution in [-0.2, 0) is 0 Å². The van der Waals surface area contributed by atoms with Gasteiger partial charge in [0.15, 0.2) is 0 Å². The van der Waals surface area contributed by atoms with E-state index in [-0.39, 0.29) is 5.82 Å². The molecule has 0 aliphatic carbocycles. The molecule has 0 bridgehead atoms. The lowest BCUT2D eigenvalue weighted by atomic mass is 10.2. The summed E-state index contributed by atoms with van der Waals surface area (Å²) >= 11 is 0. The highest BCUT2D eigenvalue weighted by atomic mass is 19.1. The largest absolute Gasteiger partial charge is 0.456 e. The maximum atomic E-state index is 12.8. The van der Waals surface area contributed by atoms with Crippen molar-refractivity contribution < 1.29 is 9.13 Å². The minimum Gasteiger partial charge on any atom is -0.456 e. The number of rotatable bonds is 3. The Labute approximate surface area is 115 Å². The Kier molecular flexibility index (Phi) is 3.37. The van der Waals surface area contributed by atoms with Gasteiger partial charge in [-0.25, -0.2) is 4.39 Å². The summed E-state index contributed by atoms with van der Waals surface area (Å²) in [5.74, 6) is 0.891. The smallest absolute Gasteiger partial charge is 0.145 e. The first kappa shape index (κ1) is 12.3. The number of benzene rings is 1. The molecule has 20 heavy (non-hydrogen) atoms. The molecule has 98 valence electrons. The van der Waals surface area contributed by atoms with Crippen LogP contribution in [0.25, 0.3) is 11.3 Å². The Hall–Kier alpha value is -2.75. The summed E-state index contributed by atoms with van der Waals surface area (Å²) in [6.07, 6.45) is 5.08. The van der Waals surface area contributed by atoms with E-state index in [1.54, 1.807) is 30.7 Å². The molecule has 2 heterocycles. The van der Waals surface area contributed by atoms with E-state index in [1.165, 1.54) is 12.1 Å². The molecule has 0 unspecified atom stereocenters. The lowest BCUT2D eigenvalue weighted by molar-refractivity contribution is 0.478. The quantitative estimate of drug-likeness (QED) is 0.716. The van der Waals surface area contributed by atoms with Crippen molar-refractivity contribution in [2.45, 2.75) is 0 Å². The molecule has 0 aliphatic heterocycles. The van der Waals surface area contributed by atoms with Crippen molar-refractivity contribution in [2.75, 3.05) is 0 Å². The van der Waals surface area contributed by atoms with Crippen molar-refractivity contribution in [2.24, 2.45) is 0 Å². The van der Waals surface area contributed by atoms with Crippen molar-refractivity contribution in [3.05, 3.63) is 72.9 Å². The number of ether oxygens (including phenoxy) is 1. The summed E-state index contributed by atoms with van der Waals surface area (Å²) in [5.41, 5.74) is 1.84. The Bertz CT molecular complexity index is 682. The Morgan fingerprint density at radius 3 is 2.15 bits per heavy atom. The summed E-state index contributed by atoms with van der Waals surface area (Å²) in [7, 11) is 0. The summed E-state index contributed by atoms with van der Waals surface area (Å²) in [4.78, 5) is 8.30. The van der Waals surface area contributed by atoms with Gasteiger partial charge < -0.3 is 4.74 Å². The Morgan fingerprint density at radius 1 is 0.800 bits per heavy atom. The van der Waals surface area contributed by atoms with Gasteiger partial charge in [0.1, 0.15) is 17.3 Å². The molecule has 1 aromatic carbocycles. The molecule has 0 amide bonds. The first-order valence-corrected chi connectivity index (χ1v) is 6.11. The van der Waals surface area contributed by atoms with Gasteiger partial charge in [-0.3, -0.25) is 9.97 Å². The van der Waals surface area contributed by atoms with Crippen molar-refractivity contribution in [3.63, 3.8) is 0 Å². The summed E-state index contributed by atoms with van der Waals surface area (Å²) in [6.45, 7) is 0. The number of hydrogen-bond acceptors (Lipinski definition) is 3. The third kappa shape index (κ3) is 2.80. The Morgan fingerprint density at radius 2 is 1.50 bits per heavy atom. The summed E-state index contributed by atoms with van der Waals surface area (Å²) in [5, 5.41) is 0. The van der Waals surface area contributed by atoms with E-state index >= 15 is 0 Å². The van der Waals surface area contributed by atoms with Crippen molar-refractivity contribution in [1.29, 1.82) is 0 Å². The van der Waals surface area contributed by atoms with Crippen LogP contribution in [0.5, 0.6) is 11.5 Å². The van der Waals surface area contributed by atoms with Crippen LogP contribution in [-0.4, -0.2) is 9.97 Å². The average molecular weight is 266 g/mol. The molecule has 0 radical (unpaired) electrons. The first-order valence-electron chi connectivity index (χ1n) is 6.11. The molecule has 0 saturated carbocycles. The van der Waals surface area contributed by atoms with E-state index in [1.807, 2.05) is 24.3 Å². The molecule has 0 atom stereocenters. The van der Waals surface area contributed by atoms with Crippen LogP contribution in [0.1, 0.15) is 0 Å². The zero-order chi connectivity index (χ0) is 13.8. The van der Waals surface area contributed by atoms with Crippen LogP contribution < -0.4 is 4.74 Å². The van der Waals surface area contributed by atoms with E-state index in [0.717, 1.165) is 11.3 Å². The lowest BCUT2D eigenvalue weighted by Crippen LogP contribution is -1.88. The average Bonchev–Trinajstić information content (AvgIpc) is 2.51. The van der Waals surface area contributed by atoms with Crippen LogP contribution in [0.4, 0.5) is 4.39 Å². The van der Waals surface area contributed by atoms with E-state index in [0.29, 0.717) is 11.5 Å². The predicted molar refractivity (Wildman–Crippen MR) is 73.9 cm³/mol. The van der Waals surface area contributed by atoms with Crippen molar-refractivity contribution >= 4 is 0 Å². The third-order valence-corrected chi connectivity index (χ3v) is 2.76. The minimum atomic E-state index is -0.288. The second kappa shape index (κ2) is 5.48. The maximum Gasteiger partial charge on any atom is 0.145 e. The highest BCUT2D eigenvalue weighted by Gasteiger charge is 2.01. The SMILES string of the molecule is Fc1ccc(Oc2ccc(-c3ccncc3)nc2)cc1. The van der Waals surface area contributed by atoms with E-state index < -0.39 is 0 Å². The molecule has 0 N–H and O–H groups in total. The number of hydrogen-bond donors (Lipinski definition) is 0. The van der Waals surface area contributed by atoms with Gasteiger partial charge >= 0.3 is 0 Å². The van der Waals surface area contributed by atoms with E-state index in [2.05, 4.69) is 9.97 Å². The highest BCUT2D eigenvalue weighted by molar-refractivity contribution is 5.58.